The molecule has 1 aromatic carbocycles. The Morgan fingerprint density at radius 1 is 1.31 bits per heavy atom. The third-order valence-corrected chi connectivity index (χ3v) is 3.41. The van der Waals surface area contributed by atoms with Gasteiger partial charge in [0.05, 0.1) is 13.2 Å². The summed E-state index contributed by atoms with van der Waals surface area (Å²) in [6.07, 6.45) is 1.09. The molecule has 2 nitrogen and oxygen atoms in total. The summed E-state index contributed by atoms with van der Waals surface area (Å²) in [6, 6.07) is 11.0. The van der Waals surface area contributed by atoms with Gasteiger partial charge in [0.15, 0.2) is 0 Å². The predicted octanol–water partition coefficient (Wildman–Crippen LogP) is 2.17. The maximum Gasteiger partial charge on any atom is 0.0634 e. The van der Waals surface area contributed by atoms with Crippen LogP contribution in [0, 0.1) is 0 Å². The highest BCUT2D eigenvalue weighted by Gasteiger charge is 2.21. The van der Waals surface area contributed by atoms with Crippen LogP contribution in [0.15, 0.2) is 30.3 Å². The molecule has 88 valence electrons. The molecule has 0 radical (unpaired) electrons. The average molecular weight is 240 g/mol. The lowest BCUT2D eigenvalue weighted by molar-refractivity contribution is 0.00168. The second kappa shape index (κ2) is 6.24. The third-order valence-electron chi connectivity index (χ3n) is 3.06. The van der Waals surface area contributed by atoms with Gasteiger partial charge in [-0.1, -0.05) is 30.3 Å². The van der Waals surface area contributed by atoms with Crippen molar-refractivity contribution in [2.24, 2.45) is 0 Å². The maximum absolute atomic E-state index is 5.94. The van der Waals surface area contributed by atoms with E-state index in [4.69, 9.17) is 16.3 Å². The summed E-state index contributed by atoms with van der Waals surface area (Å²) in [4.78, 5) is 2.43. The number of morpholine rings is 1. The maximum atomic E-state index is 5.94. The van der Waals surface area contributed by atoms with Crippen LogP contribution in [0.3, 0.4) is 0 Å². The molecule has 0 N–H and O–H groups in total. The van der Waals surface area contributed by atoms with Crippen LogP contribution >= 0.6 is 11.6 Å². The Bertz CT molecular complexity index is 304. The van der Waals surface area contributed by atoms with Gasteiger partial charge in [0.25, 0.3) is 0 Å². The van der Waals surface area contributed by atoms with Crippen molar-refractivity contribution in [3.63, 3.8) is 0 Å². The summed E-state index contributed by atoms with van der Waals surface area (Å²) in [5.41, 5.74) is 1.39. The van der Waals surface area contributed by atoms with Crippen LogP contribution in [0.1, 0.15) is 5.56 Å². The molecule has 16 heavy (non-hydrogen) atoms. The van der Waals surface area contributed by atoms with Gasteiger partial charge in [-0.3, -0.25) is 4.90 Å². The lowest BCUT2D eigenvalue weighted by Gasteiger charge is -2.34. The van der Waals surface area contributed by atoms with Crippen molar-refractivity contribution in [1.29, 1.82) is 0 Å². The molecule has 1 saturated heterocycles. The zero-order valence-electron chi connectivity index (χ0n) is 9.44. The van der Waals surface area contributed by atoms with Crippen molar-refractivity contribution in [3.05, 3.63) is 35.9 Å². The van der Waals surface area contributed by atoms with Gasteiger partial charge in [-0.2, -0.15) is 0 Å². The normalized spacial score (nSPS) is 22.2. The average Bonchev–Trinajstić information content (AvgIpc) is 2.38. The smallest absolute Gasteiger partial charge is 0.0634 e. The number of halogens is 1. The molecule has 2 rings (SSSR count). The molecule has 0 bridgehead atoms. The minimum Gasteiger partial charge on any atom is -0.378 e. The lowest BCUT2D eigenvalue weighted by atomic mass is 10.1. The number of alkyl halides is 1. The quantitative estimate of drug-likeness (QED) is 0.747. The van der Waals surface area contributed by atoms with Crippen LogP contribution < -0.4 is 0 Å². The van der Waals surface area contributed by atoms with Crippen LogP contribution in [0.4, 0.5) is 0 Å². The van der Waals surface area contributed by atoms with Gasteiger partial charge in [0.1, 0.15) is 0 Å². The highest BCUT2D eigenvalue weighted by molar-refractivity contribution is 6.18. The first kappa shape index (κ1) is 11.9. The molecule has 1 aliphatic heterocycles. The number of hydrogen-bond donors (Lipinski definition) is 0. The predicted molar refractivity (Wildman–Crippen MR) is 67.0 cm³/mol. The Balaban J connectivity index is 1.84. The topological polar surface area (TPSA) is 12.5 Å². The van der Waals surface area contributed by atoms with Gasteiger partial charge in [0.2, 0.25) is 0 Å². The van der Waals surface area contributed by atoms with Crippen molar-refractivity contribution in [2.75, 3.05) is 32.2 Å². The minimum atomic E-state index is 0.388. The van der Waals surface area contributed by atoms with Crippen molar-refractivity contribution in [1.82, 2.24) is 4.90 Å². The van der Waals surface area contributed by atoms with E-state index in [-0.39, 0.29) is 0 Å². The van der Waals surface area contributed by atoms with Gasteiger partial charge < -0.3 is 4.74 Å². The van der Waals surface area contributed by atoms with E-state index in [1.165, 1.54) is 5.56 Å². The molecule has 1 aliphatic rings. The number of benzene rings is 1. The zero-order valence-corrected chi connectivity index (χ0v) is 10.2. The standard InChI is InChI=1S/C13H18ClNO/c14-10-13-11-16-9-8-15(13)7-6-12-4-2-1-3-5-12/h1-5,13H,6-11H2. The number of rotatable bonds is 4. The Labute approximate surface area is 102 Å². The summed E-state index contributed by atoms with van der Waals surface area (Å²) in [5, 5.41) is 0. The highest BCUT2D eigenvalue weighted by Crippen LogP contribution is 2.10. The Morgan fingerprint density at radius 2 is 2.12 bits per heavy atom. The molecule has 0 aromatic heterocycles. The first-order valence-corrected chi connectivity index (χ1v) is 6.35. The molecule has 0 amide bonds. The monoisotopic (exact) mass is 239 g/mol. The van der Waals surface area contributed by atoms with Crippen molar-refractivity contribution in [3.8, 4) is 0 Å². The summed E-state index contributed by atoms with van der Waals surface area (Å²) < 4.78 is 5.43. The van der Waals surface area contributed by atoms with Crippen LogP contribution in [-0.4, -0.2) is 43.1 Å². The van der Waals surface area contributed by atoms with Gasteiger partial charge >= 0.3 is 0 Å². The number of nitrogens with zero attached hydrogens (tertiary/aromatic N) is 1. The Hall–Kier alpha value is -0.570. The zero-order chi connectivity index (χ0) is 11.2. The second-order valence-corrected chi connectivity index (χ2v) is 4.46. The molecule has 1 atom stereocenters. The largest absolute Gasteiger partial charge is 0.378 e. The summed E-state index contributed by atoms with van der Waals surface area (Å²) >= 11 is 5.94. The van der Waals surface area contributed by atoms with E-state index < -0.39 is 0 Å². The molecule has 0 aliphatic carbocycles. The van der Waals surface area contributed by atoms with Gasteiger partial charge in [0, 0.05) is 25.0 Å². The Morgan fingerprint density at radius 3 is 2.88 bits per heavy atom. The molecule has 1 fully saturated rings. The van der Waals surface area contributed by atoms with Gasteiger partial charge in [-0.05, 0) is 12.0 Å². The van der Waals surface area contributed by atoms with Crippen molar-refractivity contribution < 1.29 is 4.74 Å². The van der Waals surface area contributed by atoms with E-state index in [9.17, 15) is 0 Å². The molecule has 1 heterocycles. The molecular weight excluding hydrogens is 222 g/mol. The van der Waals surface area contributed by atoms with Crippen molar-refractivity contribution >= 4 is 11.6 Å². The fourth-order valence-corrected chi connectivity index (χ4v) is 2.33. The highest BCUT2D eigenvalue weighted by atomic mass is 35.5. The third kappa shape index (κ3) is 3.21. The molecule has 1 aromatic rings. The molecule has 0 spiro atoms. The van der Waals surface area contributed by atoms with Crippen LogP contribution in [0.2, 0.25) is 0 Å². The molecule has 3 heteroatoms. The van der Waals surface area contributed by atoms with E-state index in [1.54, 1.807) is 0 Å². The van der Waals surface area contributed by atoms with Crippen LogP contribution in [-0.2, 0) is 11.2 Å². The van der Waals surface area contributed by atoms with Crippen LogP contribution in [0.25, 0.3) is 0 Å². The minimum absolute atomic E-state index is 0.388. The lowest BCUT2D eigenvalue weighted by Crippen LogP contribution is -2.47. The van der Waals surface area contributed by atoms with E-state index in [2.05, 4.69) is 35.2 Å². The fourth-order valence-electron chi connectivity index (χ4n) is 2.04. The first-order valence-electron chi connectivity index (χ1n) is 5.82. The summed E-state index contributed by atoms with van der Waals surface area (Å²) in [7, 11) is 0. The molecule has 1 unspecified atom stereocenters. The summed E-state index contributed by atoms with van der Waals surface area (Å²) in [6.45, 7) is 3.69. The van der Waals surface area contributed by atoms with E-state index in [1.807, 2.05) is 0 Å². The first-order chi connectivity index (χ1) is 7.90. The molecular formula is C13H18ClNO. The van der Waals surface area contributed by atoms with Crippen LogP contribution in [0.5, 0.6) is 0 Å². The number of hydrogen-bond acceptors (Lipinski definition) is 2. The number of ether oxygens (including phenoxy) is 1. The van der Waals surface area contributed by atoms with E-state index in [0.717, 1.165) is 32.7 Å². The Kier molecular flexibility index (Phi) is 4.64. The van der Waals surface area contributed by atoms with Crippen molar-refractivity contribution in [2.45, 2.75) is 12.5 Å². The van der Waals surface area contributed by atoms with Gasteiger partial charge in [-0.15, -0.1) is 11.6 Å². The second-order valence-electron chi connectivity index (χ2n) is 4.15. The molecule has 0 saturated carbocycles. The van der Waals surface area contributed by atoms with E-state index >= 15 is 0 Å². The summed E-state index contributed by atoms with van der Waals surface area (Å²) in [5.74, 6) is 0.661. The van der Waals surface area contributed by atoms with E-state index in [0.29, 0.717) is 11.9 Å². The fraction of sp³-hybridized carbons (Fsp3) is 0.538. The SMILES string of the molecule is ClCC1COCCN1CCc1ccccc1. The van der Waals surface area contributed by atoms with Gasteiger partial charge in [-0.25, -0.2) is 0 Å².